The lowest BCUT2D eigenvalue weighted by Gasteiger charge is -2.30. The van der Waals surface area contributed by atoms with Gasteiger partial charge in [0.25, 0.3) is 5.91 Å². The molecule has 1 unspecified atom stereocenters. The maximum absolute atomic E-state index is 12.9. The fraction of sp³-hybridized carbons (Fsp3) is 0.368. The molecule has 7 heteroatoms. The lowest BCUT2D eigenvalue weighted by atomic mass is 10.1. The number of rotatable bonds is 5. The Bertz CT molecular complexity index is 783. The number of aromatic nitrogens is 1. The predicted molar refractivity (Wildman–Crippen MR) is 104 cm³/mol. The summed E-state index contributed by atoms with van der Waals surface area (Å²) in [5.41, 5.74) is -0.978. The summed E-state index contributed by atoms with van der Waals surface area (Å²) in [5, 5.41) is 0.627. The van der Waals surface area contributed by atoms with Crippen molar-refractivity contribution in [3.63, 3.8) is 0 Å². The first-order valence-electron chi connectivity index (χ1n) is 8.36. The van der Waals surface area contributed by atoms with E-state index in [1.807, 2.05) is 12.1 Å². The van der Waals surface area contributed by atoms with Gasteiger partial charge in [-0.2, -0.15) is 0 Å². The first-order chi connectivity index (χ1) is 12.3. The van der Waals surface area contributed by atoms with Crippen LogP contribution in [0.1, 0.15) is 20.3 Å². The zero-order valence-electron chi connectivity index (χ0n) is 14.6. The monoisotopic (exact) mass is 438 g/mol. The summed E-state index contributed by atoms with van der Waals surface area (Å²) in [5.74, 6) is 1.08. The molecule has 1 atom stereocenters. The van der Waals surface area contributed by atoms with Crippen LogP contribution in [0.5, 0.6) is 11.6 Å². The van der Waals surface area contributed by atoms with E-state index in [1.54, 1.807) is 49.2 Å². The Morgan fingerprint density at radius 2 is 2.04 bits per heavy atom. The number of hydrogen-bond acceptors (Lipinski definition) is 4. The third-order valence-corrected chi connectivity index (χ3v) is 4.99. The van der Waals surface area contributed by atoms with Crippen molar-refractivity contribution in [2.45, 2.75) is 32.0 Å². The Kier molecular flexibility index (Phi) is 5.73. The van der Waals surface area contributed by atoms with Crippen LogP contribution < -0.4 is 9.47 Å². The molecule has 1 aliphatic heterocycles. The quantitative estimate of drug-likeness (QED) is 0.695. The number of hydrogen-bond donors (Lipinski definition) is 0. The minimum Gasteiger partial charge on any atom is -0.478 e. The summed E-state index contributed by atoms with van der Waals surface area (Å²) >= 11 is 9.31. The third-order valence-electron chi connectivity index (χ3n) is 4.14. The lowest BCUT2D eigenvalue weighted by Crippen LogP contribution is -2.48. The maximum Gasteiger partial charge on any atom is 0.266 e. The SMILES string of the molecule is CC(C)(Oc1ccc(Cl)cc1)C(=O)N1CCC(Oc2ncccc2Br)C1. The topological polar surface area (TPSA) is 51.7 Å². The van der Waals surface area contributed by atoms with Crippen LogP contribution in [0.25, 0.3) is 0 Å². The van der Waals surface area contributed by atoms with Crippen LogP contribution in [0.2, 0.25) is 5.02 Å². The van der Waals surface area contributed by atoms with Crippen LogP contribution >= 0.6 is 27.5 Å². The van der Waals surface area contributed by atoms with Gasteiger partial charge in [0.1, 0.15) is 11.9 Å². The Hall–Kier alpha value is -1.79. The Morgan fingerprint density at radius 1 is 1.31 bits per heavy atom. The number of carbonyl (C=O) groups is 1. The van der Waals surface area contributed by atoms with Gasteiger partial charge in [0.05, 0.1) is 11.0 Å². The molecule has 2 aromatic rings. The molecule has 5 nitrogen and oxygen atoms in total. The number of nitrogens with zero attached hydrogens (tertiary/aromatic N) is 2. The number of likely N-dealkylation sites (tertiary alicyclic amines) is 1. The average Bonchev–Trinajstić information content (AvgIpc) is 3.06. The standard InChI is InChI=1S/C19H20BrClN2O3/c1-19(2,26-14-7-5-13(21)6-8-14)18(24)23-11-9-15(12-23)25-17-16(20)4-3-10-22-17/h3-8,10,15H,9,11-12H2,1-2H3. The first kappa shape index (κ1) is 19.0. The summed E-state index contributed by atoms with van der Waals surface area (Å²) < 4.78 is 12.6. The van der Waals surface area contributed by atoms with Crippen LogP contribution in [0.15, 0.2) is 47.1 Å². The van der Waals surface area contributed by atoms with Crippen molar-refractivity contribution in [1.29, 1.82) is 0 Å². The van der Waals surface area contributed by atoms with E-state index in [-0.39, 0.29) is 12.0 Å². The van der Waals surface area contributed by atoms with E-state index < -0.39 is 5.60 Å². The van der Waals surface area contributed by atoms with Gasteiger partial charge in [-0.15, -0.1) is 0 Å². The molecule has 138 valence electrons. The summed E-state index contributed by atoms with van der Waals surface area (Å²) in [7, 11) is 0. The van der Waals surface area contributed by atoms with Crippen molar-refractivity contribution >= 4 is 33.4 Å². The largest absolute Gasteiger partial charge is 0.478 e. The second-order valence-electron chi connectivity index (χ2n) is 6.64. The first-order valence-corrected chi connectivity index (χ1v) is 9.53. The normalized spacial score (nSPS) is 17.2. The second-order valence-corrected chi connectivity index (χ2v) is 7.93. The van der Waals surface area contributed by atoms with Crippen LogP contribution in [-0.4, -0.2) is 40.6 Å². The highest BCUT2D eigenvalue weighted by atomic mass is 79.9. The molecule has 0 radical (unpaired) electrons. The van der Waals surface area contributed by atoms with Gasteiger partial charge in [-0.1, -0.05) is 11.6 Å². The molecule has 2 heterocycles. The molecular formula is C19H20BrClN2O3. The molecule has 1 amide bonds. The lowest BCUT2D eigenvalue weighted by molar-refractivity contribution is -0.144. The highest BCUT2D eigenvalue weighted by Gasteiger charge is 2.38. The van der Waals surface area contributed by atoms with Crippen molar-refractivity contribution in [1.82, 2.24) is 9.88 Å². The number of halogens is 2. The minimum absolute atomic E-state index is 0.0707. The van der Waals surface area contributed by atoms with Crippen LogP contribution in [0.4, 0.5) is 0 Å². The number of pyridine rings is 1. The number of carbonyl (C=O) groups excluding carboxylic acids is 1. The molecule has 0 bridgehead atoms. The summed E-state index contributed by atoms with van der Waals surface area (Å²) in [6, 6.07) is 10.7. The smallest absolute Gasteiger partial charge is 0.266 e. The maximum atomic E-state index is 12.9. The summed E-state index contributed by atoms with van der Waals surface area (Å²) in [4.78, 5) is 18.9. The molecule has 1 aromatic heterocycles. The Labute approximate surface area is 166 Å². The van der Waals surface area contributed by atoms with E-state index >= 15 is 0 Å². The second kappa shape index (κ2) is 7.84. The Balaban J connectivity index is 1.61. The van der Waals surface area contributed by atoms with Gasteiger partial charge in [0, 0.05) is 24.2 Å². The molecule has 26 heavy (non-hydrogen) atoms. The molecule has 1 saturated heterocycles. The van der Waals surface area contributed by atoms with Gasteiger partial charge in [0.2, 0.25) is 5.88 Å². The zero-order valence-corrected chi connectivity index (χ0v) is 17.0. The van der Waals surface area contributed by atoms with Crippen molar-refractivity contribution in [3.05, 3.63) is 52.1 Å². The van der Waals surface area contributed by atoms with Gasteiger partial charge in [-0.05, 0) is 66.2 Å². The fourth-order valence-electron chi connectivity index (χ4n) is 2.85. The number of benzene rings is 1. The van der Waals surface area contributed by atoms with Crippen LogP contribution in [0, 0.1) is 0 Å². The highest BCUT2D eigenvalue weighted by molar-refractivity contribution is 9.10. The molecule has 0 N–H and O–H groups in total. The van der Waals surface area contributed by atoms with Crippen molar-refractivity contribution in [2.24, 2.45) is 0 Å². The average molecular weight is 440 g/mol. The molecule has 0 spiro atoms. The van der Waals surface area contributed by atoms with Gasteiger partial charge in [-0.3, -0.25) is 4.79 Å². The molecule has 0 aliphatic carbocycles. The zero-order chi connectivity index (χ0) is 18.7. The molecule has 1 fully saturated rings. The van der Waals surface area contributed by atoms with Crippen molar-refractivity contribution in [2.75, 3.05) is 13.1 Å². The fourth-order valence-corrected chi connectivity index (χ4v) is 3.32. The van der Waals surface area contributed by atoms with Gasteiger partial charge >= 0.3 is 0 Å². The van der Waals surface area contributed by atoms with E-state index in [0.717, 1.165) is 10.9 Å². The van der Waals surface area contributed by atoms with Crippen LogP contribution in [-0.2, 0) is 4.79 Å². The van der Waals surface area contributed by atoms with E-state index in [4.69, 9.17) is 21.1 Å². The molecule has 1 aliphatic rings. The van der Waals surface area contributed by atoms with E-state index in [0.29, 0.717) is 29.7 Å². The van der Waals surface area contributed by atoms with Gasteiger partial charge in [0.15, 0.2) is 5.60 Å². The van der Waals surface area contributed by atoms with E-state index in [2.05, 4.69) is 20.9 Å². The summed E-state index contributed by atoms with van der Waals surface area (Å²) in [6.07, 6.45) is 2.35. The van der Waals surface area contributed by atoms with Crippen LogP contribution in [0.3, 0.4) is 0 Å². The predicted octanol–water partition coefficient (Wildman–Crippen LogP) is 4.33. The summed E-state index contributed by atoms with van der Waals surface area (Å²) in [6.45, 7) is 4.68. The number of amides is 1. The molecular weight excluding hydrogens is 420 g/mol. The highest BCUT2D eigenvalue weighted by Crippen LogP contribution is 2.27. The van der Waals surface area contributed by atoms with Crippen molar-refractivity contribution < 1.29 is 14.3 Å². The van der Waals surface area contributed by atoms with Gasteiger partial charge < -0.3 is 14.4 Å². The minimum atomic E-state index is -0.978. The van der Waals surface area contributed by atoms with E-state index in [1.165, 1.54) is 0 Å². The number of ether oxygens (including phenoxy) is 2. The van der Waals surface area contributed by atoms with Gasteiger partial charge in [-0.25, -0.2) is 4.98 Å². The molecule has 0 saturated carbocycles. The third kappa shape index (κ3) is 4.48. The molecule has 3 rings (SSSR count). The van der Waals surface area contributed by atoms with E-state index in [9.17, 15) is 4.79 Å². The molecule has 1 aromatic carbocycles. The Morgan fingerprint density at radius 3 is 2.73 bits per heavy atom. The van der Waals surface area contributed by atoms with Crippen molar-refractivity contribution in [3.8, 4) is 11.6 Å².